The van der Waals surface area contributed by atoms with Gasteiger partial charge in [0.2, 0.25) is 5.91 Å². The normalized spacial score (nSPS) is 19.1. The number of benzene rings is 3. The van der Waals surface area contributed by atoms with Gasteiger partial charge in [-0.1, -0.05) is 29.8 Å². The fraction of sp³-hybridized carbons (Fsp3) is 0.444. The third kappa shape index (κ3) is 8.87. The second-order valence-electron chi connectivity index (χ2n) is 13.4. The van der Waals surface area contributed by atoms with Crippen LogP contribution in [0.5, 0.6) is 0 Å². The molecular weight excluding hydrogens is 647 g/mol. The SMILES string of the molecule is CC(C)(C)OC(=O)N1C[C@@H](CCc2c(F)cccc2NC(=O)[C@@H](N)[C@@H](c2ccc(Cl)cc2)c2cc(F)cc(F)c2)OC2(CCOCC2)C1. The molecule has 48 heavy (non-hydrogen) atoms. The molecule has 2 saturated heterocycles. The van der Waals surface area contributed by atoms with E-state index in [1.807, 2.05) is 0 Å². The highest BCUT2D eigenvalue weighted by Crippen LogP contribution is 2.35. The van der Waals surface area contributed by atoms with Crippen molar-refractivity contribution in [2.45, 2.75) is 75.7 Å². The number of morpholine rings is 1. The summed E-state index contributed by atoms with van der Waals surface area (Å²) in [6.45, 7) is 7.04. The summed E-state index contributed by atoms with van der Waals surface area (Å²) in [5, 5.41) is 3.18. The molecule has 3 N–H and O–H groups in total. The maximum Gasteiger partial charge on any atom is 0.410 e. The van der Waals surface area contributed by atoms with Crippen molar-refractivity contribution >= 4 is 29.3 Å². The summed E-state index contributed by atoms with van der Waals surface area (Å²) in [4.78, 5) is 28.4. The molecule has 258 valence electrons. The van der Waals surface area contributed by atoms with Crippen molar-refractivity contribution < 1.29 is 37.0 Å². The number of rotatable bonds is 8. The molecule has 0 radical (unpaired) electrons. The van der Waals surface area contributed by atoms with E-state index in [0.29, 0.717) is 49.6 Å². The third-order valence-electron chi connectivity index (χ3n) is 8.60. The first-order valence-corrected chi connectivity index (χ1v) is 16.4. The van der Waals surface area contributed by atoms with Crippen molar-refractivity contribution in [3.05, 3.63) is 99.8 Å². The number of hydrogen-bond acceptors (Lipinski definition) is 6. The van der Waals surface area contributed by atoms with Gasteiger partial charge in [-0.3, -0.25) is 4.79 Å². The molecule has 1 spiro atoms. The van der Waals surface area contributed by atoms with Gasteiger partial charge in [0.25, 0.3) is 0 Å². The van der Waals surface area contributed by atoms with Crippen LogP contribution in [0.3, 0.4) is 0 Å². The van der Waals surface area contributed by atoms with E-state index in [9.17, 15) is 18.4 Å². The van der Waals surface area contributed by atoms with Crippen LogP contribution in [-0.4, -0.2) is 66.6 Å². The summed E-state index contributed by atoms with van der Waals surface area (Å²) >= 11 is 6.07. The number of halogens is 4. The Balaban J connectivity index is 1.35. The van der Waals surface area contributed by atoms with Crippen LogP contribution >= 0.6 is 11.6 Å². The van der Waals surface area contributed by atoms with E-state index >= 15 is 4.39 Å². The Morgan fingerprint density at radius 3 is 2.35 bits per heavy atom. The van der Waals surface area contributed by atoms with Gasteiger partial charge < -0.3 is 30.2 Å². The van der Waals surface area contributed by atoms with Gasteiger partial charge in [-0.15, -0.1) is 0 Å². The highest BCUT2D eigenvalue weighted by atomic mass is 35.5. The van der Waals surface area contributed by atoms with Crippen molar-refractivity contribution in [2.24, 2.45) is 5.73 Å². The second-order valence-corrected chi connectivity index (χ2v) is 13.9. The predicted octanol–water partition coefficient (Wildman–Crippen LogP) is 6.97. The molecule has 2 fully saturated rings. The minimum absolute atomic E-state index is 0.156. The minimum atomic E-state index is -1.32. The summed E-state index contributed by atoms with van der Waals surface area (Å²) in [6, 6.07) is 12.4. The Morgan fingerprint density at radius 1 is 1.04 bits per heavy atom. The number of nitrogens with zero attached hydrogens (tertiary/aromatic N) is 1. The first kappa shape index (κ1) is 35.7. The van der Waals surface area contributed by atoms with Gasteiger partial charge in [0, 0.05) is 54.3 Å². The zero-order chi connectivity index (χ0) is 34.6. The summed E-state index contributed by atoms with van der Waals surface area (Å²) < 4.78 is 61.7. The van der Waals surface area contributed by atoms with Crippen LogP contribution in [-0.2, 0) is 25.4 Å². The lowest BCUT2D eigenvalue weighted by Gasteiger charge is -2.48. The topological polar surface area (TPSA) is 103 Å². The molecule has 3 aromatic rings. The maximum absolute atomic E-state index is 15.4. The monoisotopic (exact) mass is 687 g/mol. The van der Waals surface area contributed by atoms with E-state index in [0.717, 1.165) is 18.2 Å². The Hall–Kier alpha value is -3.64. The van der Waals surface area contributed by atoms with Crippen LogP contribution in [0.2, 0.25) is 5.02 Å². The molecular formula is C36H41ClF3N3O5. The molecule has 2 aliphatic heterocycles. The van der Waals surface area contributed by atoms with Gasteiger partial charge >= 0.3 is 6.09 Å². The Morgan fingerprint density at radius 2 is 1.71 bits per heavy atom. The van der Waals surface area contributed by atoms with E-state index in [1.165, 1.54) is 12.1 Å². The molecule has 2 amide bonds. The maximum atomic E-state index is 15.4. The first-order valence-electron chi connectivity index (χ1n) is 16.0. The first-order chi connectivity index (χ1) is 22.7. The van der Waals surface area contributed by atoms with Gasteiger partial charge in [0.05, 0.1) is 30.8 Å². The van der Waals surface area contributed by atoms with E-state index in [4.69, 9.17) is 31.5 Å². The van der Waals surface area contributed by atoms with E-state index in [-0.39, 0.29) is 29.8 Å². The van der Waals surface area contributed by atoms with Gasteiger partial charge in [0.15, 0.2) is 0 Å². The number of carbonyl (C=O) groups excluding carboxylic acids is 2. The lowest BCUT2D eigenvalue weighted by Crippen LogP contribution is -2.59. The molecule has 0 unspecified atom stereocenters. The molecule has 0 saturated carbocycles. The summed E-state index contributed by atoms with van der Waals surface area (Å²) in [5.41, 5.74) is 6.32. The van der Waals surface area contributed by atoms with Crippen molar-refractivity contribution in [1.82, 2.24) is 4.90 Å². The Kier molecular flexibility index (Phi) is 11.0. The molecule has 5 rings (SSSR count). The number of anilines is 1. The average Bonchev–Trinajstić information content (AvgIpc) is 3.00. The van der Waals surface area contributed by atoms with E-state index < -0.39 is 58.7 Å². The summed E-state index contributed by atoms with van der Waals surface area (Å²) in [6.07, 6.45) is 0.840. The van der Waals surface area contributed by atoms with Crippen molar-refractivity contribution in [2.75, 3.05) is 31.6 Å². The van der Waals surface area contributed by atoms with Crippen LogP contribution in [0.4, 0.5) is 23.7 Å². The van der Waals surface area contributed by atoms with Crippen LogP contribution in [0.25, 0.3) is 0 Å². The largest absolute Gasteiger partial charge is 0.444 e. The molecule has 3 aromatic carbocycles. The smallest absolute Gasteiger partial charge is 0.410 e. The number of hydrogen-bond donors (Lipinski definition) is 2. The zero-order valence-electron chi connectivity index (χ0n) is 27.2. The molecule has 3 atom stereocenters. The van der Waals surface area contributed by atoms with Crippen LogP contribution in [0.1, 0.15) is 62.6 Å². The number of amides is 2. The number of nitrogens with one attached hydrogen (secondary N) is 1. The van der Waals surface area contributed by atoms with Crippen molar-refractivity contribution in [3.63, 3.8) is 0 Å². The average molecular weight is 688 g/mol. The number of nitrogens with two attached hydrogens (primary N) is 1. The number of ether oxygens (including phenoxy) is 3. The molecule has 2 aliphatic rings. The van der Waals surface area contributed by atoms with Crippen LogP contribution in [0, 0.1) is 17.5 Å². The number of carbonyl (C=O) groups is 2. The molecule has 8 nitrogen and oxygen atoms in total. The fourth-order valence-corrected chi connectivity index (χ4v) is 6.48. The van der Waals surface area contributed by atoms with Gasteiger partial charge in [-0.05, 0) is 81.1 Å². The zero-order valence-corrected chi connectivity index (χ0v) is 28.0. The predicted molar refractivity (Wildman–Crippen MR) is 176 cm³/mol. The van der Waals surface area contributed by atoms with Crippen molar-refractivity contribution in [1.29, 1.82) is 0 Å². The molecule has 0 aromatic heterocycles. The van der Waals surface area contributed by atoms with E-state index in [1.54, 1.807) is 56.0 Å². The Labute approximate surface area is 283 Å². The third-order valence-corrected chi connectivity index (χ3v) is 8.86. The minimum Gasteiger partial charge on any atom is -0.444 e. The summed E-state index contributed by atoms with van der Waals surface area (Å²) in [5.74, 6) is -3.81. The lowest BCUT2D eigenvalue weighted by atomic mass is 9.84. The highest BCUT2D eigenvalue weighted by molar-refractivity contribution is 6.30. The fourth-order valence-electron chi connectivity index (χ4n) is 6.36. The van der Waals surface area contributed by atoms with Crippen molar-refractivity contribution in [3.8, 4) is 0 Å². The molecule has 0 bridgehead atoms. The lowest BCUT2D eigenvalue weighted by molar-refractivity contribution is -0.186. The Bertz CT molecular complexity index is 1590. The molecule has 2 heterocycles. The van der Waals surface area contributed by atoms with E-state index in [2.05, 4.69) is 5.32 Å². The van der Waals surface area contributed by atoms with Gasteiger partial charge in [-0.25, -0.2) is 18.0 Å². The van der Waals surface area contributed by atoms with Gasteiger partial charge in [-0.2, -0.15) is 0 Å². The van der Waals surface area contributed by atoms with Crippen LogP contribution in [0.15, 0.2) is 60.7 Å². The summed E-state index contributed by atoms with van der Waals surface area (Å²) in [7, 11) is 0. The second kappa shape index (κ2) is 14.9. The van der Waals surface area contributed by atoms with Gasteiger partial charge in [0.1, 0.15) is 23.1 Å². The molecule has 0 aliphatic carbocycles. The quantitative estimate of drug-likeness (QED) is 0.265. The van der Waals surface area contributed by atoms with Crippen LogP contribution < -0.4 is 11.1 Å². The standard InChI is InChI=1S/C36H41ClF3N3O5/c1-35(2,3)48-34(45)43-20-27(47-36(21-43)13-15-46-16-14-36)11-12-28-29(40)5-4-6-30(28)42-33(44)32(41)31(22-7-9-24(37)10-8-22)23-17-25(38)19-26(39)18-23/h4-10,17-19,27,31-32H,11-16,20-21,41H2,1-3H3,(H,42,44)/t27-,31+,32+/m1/s1. The molecule has 12 heteroatoms. The highest BCUT2D eigenvalue weighted by Gasteiger charge is 2.44.